The summed E-state index contributed by atoms with van der Waals surface area (Å²) in [5.74, 6) is 1.52. The quantitative estimate of drug-likeness (QED) is 0.310. The average molecular weight is 634 g/mol. The number of morpholine rings is 1. The molecule has 1 aromatic carbocycles. The number of hydrogen-bond donors (Lipinski definition) is 2. The molecule has 3 aliphatic rings. The first kappa shape index (κ1) is 29.7. The minimum absolute atomic E-state index is 0.0429. The third-order valence-corrected chi connectivity index (χ3v) is 9.68. The normalized spacial score (nSPS) is 22.3. The van der Waals surface area contributed by atoms with E-state index in [0.29, 0.717) is 44.2 Å². The van der Waals surface area contributed by atoms with Crippen molar-refractivity contribution in [1.29, 1.82) is 0 Å². The number of thiophene rings is 1. The zero-order valence-electron chi connectivity index (χ0n) is 26.3. The van der Waals surface area contributed by atoms with Gasteiger partial charge >= 0.3 is 6.09 Å². The second kappa shape index (κ2) is 11.4. The largest absolute Gasteiger partial charge is 0.484 e. The number of fused-ring (bicyclic) bond motifs is 4. The number of carbonyl (C=O) groups is 2. The molecule has 12 nitrogen and oxygen atoms in total. The lowest BCUT2D eigenvalue weighted by Crippen LogP contribution is -2.57. The fourth-order valence-electron chi connectivity index (χ4n) is 6.49. The van der Waals surface area contributed by atoms with Gasteiger partial charge in [0.1, 0.15) is 34.4 Å². The third-order valence-electron chi connectivity index (χ3n) is 8.51. The van der Waals surface area contributed by atoms with Gasteiger partial charge in [-0.15, -0.1) is 11.3 Å². The summed E-state index contributed by atoms with van der Waals surface area (Å²) in [4.78, 5) is 41.0. The number of carbonyl (C=O) groups excluding carboxylic acids is 2. The highest BCUT2D eigenvalue weighted by atomic mass is 32.1. The molecule has 2 amide bonds. The highest BCUT2D eigenvalue weighted by Crippen LogP contribution is 2.42. The number of ether oxygens (including phenoxy) is 3. The first-order valence-electron chi connectivity index (χ1n) is 15.6. The van der Waals surface area contributed by atoms with Gasteiger partial charge in [-0.3, -0.25) is 9.89 Å². The van der Waals surface area contributed by atoms with E-state index in [2.05, 4.69) is 25.5 Å². The van der Waals surface area contributed by atoms with Crippen molar-refractivity contribution in [1.82, 2.24) is 30.0 Å². The molecule has 3 aromatic heterocycles. The molecule has 3 atom stereocenters. The molecular weight excluding hydrogens is 594 g/mol. The lowest BCUT2D eigenvalue weighted by Gasteiger charge is -2.39. The summed E-state index contributed by atoms with van der Waals surface area (Å²) in [5.41, 5.74) is 2.26. The molecule has 2 fully saturated rings. The molecule has 2 aliphatic heterocycles. The lowest BCUT2D eigenvalue weighted by molar-refractivity contribution is -0.147. The van der Waals surface area contributed by atoms with Crippen LogP contribution in [0.4, 0.5) is 16.3 Å². The molecule has 0 saturated carbocycles. The molecule has 0 radical (unpaired) electrons. The number of H-pyrrole nitrogens is 1. The Morgan fingerprint density at radius 3 is 2.62 bits per heavy atom. The van der Waals surface area contributed by atoms with E-state index in [0.717, 1.165) is 39.6 Å². The Balaban J connectivity index is 1.11. The summed E-state index contributed by atoms with van der Waals surface area (Å²) in [6.07, 6.45) is 5.22. The summed E-state index contributed by atoms with van der Waals surface area (Å²) in [5, 5.41) is 12.7. The van der Waals surface area contributed by atoms with Gasteiger partial charge in [0.2, 0.25) is 5.91 Å². The van der Waals surface area contributed by atoms with Crippen LogP contribution in [0.1, 0.15) is 51.5 Å². The van der Waals surface area contributed by atoms with Crippen LogP contribution in [0.25, 0.3) is 21.1 Å². The van der Waals surface area contributed by atoms with Gasteiger partial charge in [0.15, 0.2) is 0 Å². The summed E-state index contributed by atoms with van der Waals surface area (Å²) in [7, 11) is 0. The van der Waals surface area contributed by atoms with Gasteiger partial charge in [0, 0.05) is 35.3 Å². The van der Waals surface area contributed by atoms with Crippen molar-refractivity contribution in [3.63, 3.8) is 0 Å². The van der Waals surface area contributed by atoms with Gasteiger partial charge < -0.3 is 29.3 Å². The first-order chi connectivity index (χ1) is 21.5. The molecule has 0 bridgehead atoms. The molecule has 4 aromatic rings. The van der Waals surface area contributed by atoms with E-state index in [1.54, 1.807) is 28.8 Å². The van der Waals surface area contributed by atoms with Gasteiger partial charge in [-0.05, 0) is 65.5 Å². The molecule has 3 unspecified atom stereocenters. The maximum atomic E-state index is 13.5. The average Bonchev–Trinajstić information content (AvgIpc) is 3.56. The van der Waals surface area contributed by atoms with Gasteiger partial charge in [-0.1, -0.05) is 0 Å². The summed E-state index contributed by atoms with van der Waals surface area (Å²) < 4.78 is 17.8. The molecule has 2 N–H and O–H groups in total. The molecule has 238 valence electrons. The highest BCUT2D eigenvalue weighted by molar-refractivity contribution is 7.19. The lowest BCUT2D eigenvalue weighted by atomic mass is 9.86. The Bertz CT molecular complexity index is 1750. The monoisotopic (exact) mass is 633 g/mol. The van der Waals surface area contributed by atoms with Gasteiger partial charge in [0.05, 0.1) is 48.1 Å². The molecule has 45 heavy (non-hydrogen) atoms. The number of aromatic amines is 1. The molecule has 2 saturated heterocycles. The predicted molar refractivity (Wildman–Crippen MR) is 171 cm³/mol. The number of nitrogens with zero attached hydrogens (tertiary/aromatic N) is 5. The van der Waals surface area contributed by atoms with Crippen molar-refractivity contribution in [2.75, 3.05) is 31.5 Å². The molecule has 0 spiro atoms. The van der Waals surface area contributed by atoms with E-state index in [-0.39, 0.29) is 36.2 Å². The SMILES string of the molecule is CC1CN(C(=O)C2CCc3c(sc4ncnc(Nc5cc6cn[nH]c6cc5OC5CN(C(=O)OC(C)(C)C)C5)c34)C2)CC(C)O1. The van der Waals surface area contributed by atoms with Crippen molar-refractivity contribution in [2.45, 2.75) is 77.8 Å². The van der Waals surface area contributed by atoms with Crippen LogP contribution in [-0.4, -0.2) is 92.1 Å². The van der Waals surface area contributed by atoms with E-state index >= 15 is 0 Å². The van der Waals surface area contributed by atoms with E-state index in [1.165, 1.54) is 10.4 Å². The molecule has 13 heteroatoms. The second-order valence-corrected chi connectivity index (χ2v) is 14.5. The maximum Gasteiger partial charge on any atom is 0.410 e. The standard InChI is InChI=1S/C32H39N7O5S/c1-17-12-38(13-18(2)42-17)30(40)19-6-7-22-26(9-19)45-29-27(22)28(33-16-34-29)36-24-8-20-11-35-37-23(20)10-25(24)43-21-14-39(15-21)31(41)44-32(3,4)5/h8,10-11,16-19,21H,6-7,9,12-15H2,1-5H3,(H,35,37)(H,33,34,36). The number of benzene rings is 1. The number of anilines is 2. The van der Waals surface area contributed by atoms with E-state index < -0.39 is 5.60 Å². The zero-order valence-corrected chi connectivity index (χ0v) is 27.1. The maximum absolute atomic E-state index is 13.5. The molecule has 1 aliphatic carbocycles. The fourth-order valence-corrected chi connectivity index (χ4v) is 7.76. The van der Waals surface area contributed by atoms with Crippen LogP contribution in [0.15, 0.2) is 24.7 Å². The highest BCUT2D eigenvalue weighted by Gasteiger charge is 2.37. The predicted octanol–water partition coefficient (Wildman–Crippen LogP) is 5.05. The Morgan fingerprint density at radius 1 is 1.09 bits per heavy atom. The number of aryl methyl sites for hydroxylation is 1. The molecule has 5 heterocycles. The van der Waals surface area contributed by atoms with Crippen LogP contribution in [-0.2, 0) is 27.1 Å². The summed E-state index contributed by atoms with van der Waals surface area (Å²) >= 11 is 1.65. The number of hydrogen-bond acceptors (Lipinski definition) is 10. The number of nitrogens with one attached hydrogen (secondary N) is 2. The van der Waals surface area contributed by atoms with Crippen molar-refractivity contribution in [3.8, 4) is 5.75 Å². The second-order valence-electron chi connectivity index (χ2n) is 13.4. The fraction of sp³-hybridized carbons (Fsp3) is 0.531. The third kappa shape index (κ3) is 6.02. The van der Waals surface area contributed by atoms with Crippen molar-refractivity contribution < 1.29 is 23.8 Å². The van der Waals surface area contributed by atoms with E-state index in [1.807, 2.05) is 51.7 Å². The zero-order chi connectivity index (χ0) is 31.5. The van der Waals surface area contributed by atoms with Crippen LogP contribution in [0.3, 0.4) is 0 Å². The smallest absolute Gasteiger partial charge is 0.410 e. The van der Waals surface area contributed by atoms with E-state index in [9.17, 15) is 9.59 Å². The number of rotatable bonds is 5. The topological polar surface area (TPSA) is 135 Å². The van der Waals surface area contributed by atoms with Crippen LogP contribution < -0.4 is 10.1 Å². The van der Waals surface area contributed by atoms with E-state index in [4.69, 9.17) is 14.2 Å². The molecule has 7 rings (SSSR count). The van der Waals surface area contributed by atoms with Gasteiger partial charge in [-0.25, -0.2) is 14.8 Å². The number of likely N-dealkylation sites (tertiary alicyclic amines) is 1. The van der Waals surface area contributed by atoms with Crippen LogP contribution >= 0.6 is 11.3 Å². The Kier molecular flexibility index (Phi) is 7.55. The van der Waals surface area contributed by atoms with Gasteiger partial charge in [-0.2, -0.15) is 5.10 Å². The van der Waals surface area contributed by atoms with Crippen molar-refractivity contribution in [2.24, 2.45) is 5.92 Å². The first-order valence-corrected chi connectivity index (χ1v) is 16.4. The van der Waals surface area contributed by atoms with Gasteiger partial charge in [0.25, 0.3) is 0 Å². The Labute approximate surface area is 265 Å². The Morgan fingerprint density at radius 2 is 1.87 bits per heavy atom. The number of aromatic nitrogens is 4. The minimum Gasteiger partial charge on any atom is -0.484 e. The van der Waals surface area contributed by atoms with Crippen molar-refractivity contribution >= 4 is 56.0 Å². The van der Waals surface area contributed by atoms with Crippen LogP contribution in [0.2, 0.25) is 0 Å². The summed E-state index contributed by atoms with van der Waals surface area (Å²) in [6, 6.07) is 3.91. The molecular formula is C32H39N7O5S. The minimum atomic E-state index is -0.550. The van der Waals surface area contributed by atoms with Crippen LogP contribution in [0, 0.1) is 5.92 Å². The van der Waals surface area contributed by atoms with Crippen molar-refractivity contribution in [3.05, 3.63) is 35.1 Å². The Hall–Kier alpha value is -3.97. The summed E-state index contributed by atoms with van der Waals surface area (Å²) in [6.45, 7) is 11.8. The van der Waals surface area contributed by atoms with Crippen LogP contribution in [0.5, 0.6) is 5.75 Å². The number of amides is 2.